The normalized spacial score (nSPS) is 11.0. The molecule has 0 fully saturated rings. The lowest BCUT2D eigenvalue weighted by Crippen LogP contribution is -1.83. The maximum Gasteiger partial charge on any atom is 0.249 e. The van der Waals surface area contributed by atoms with Crippen LogP contribution in [0.4, 0.5) is 0 Å². The molecule has 0 atom stereocenters. The number of oxazole rings is 3. The van der Waals surface area contributed by atoms with Gasteiger partial charge in [-0.05, 0) is 12.1 Å². The van der Waals surface area contributed by atoms with Crippen LogP contribution < -0.4 is 0 Å². The van der Waals surface area contributed by atoms with Crippen molar-refractivity contribution in [3.8, 4) is 57.3 Å². The predicted molar refractivity (Wildman–Crippen MR) is 124 cm³/mol. The molecule has 0 aliphatic rings. The average molecular weight is 431 g/mol. The third kappa shape index (κ3) is 3.64. The van der Waals surface area contributed by atoms with Crippen molar-refractivity contribution < 1.29 is 13.3 Å². The zero-order chi connectivity index (χ0) is 22.0. The van der Waals surface area contributed by atoms with Crippen LogP contribution in [0.1, 0.15) is 0 Å². The number of aromatic nitrogens is 3. The molecule has 3 aromatic heterocycles. The Hall–Kier alpha value is -4.71. The van der Waals surface area contributed by atoms with Crippen LogP contribution in [0.2, 0.25) is 0 Å². The second-order valence-electron chi connectivity index (χ2n) is 7.36. The lowest BCUT2D eigenvalue weighted by molar-refractivity contribution is 0.568. The van der Waals surface area contributed by atoms with Crippen molar-refractivity contribution in [3.05, 3.63) is 103 Å². The van der Waals surface area contributed by atoms with E-state index in [1.807, 2.05) is 91.0 Å². The maximum atomic E-state index is 6.17. The van der Waals surface area contributed by atoms with E-state index in [2.05, 4.69) is 9.97 Å². The van der Waals surface area contributed by atoms with E-state index in [4.69, 9.17) is 18.2 Å². The summed E-state index contributed by atoms with van der Waals surface area (Å²) in [4.78, 5) is 13.7. The van der Waals surface area contributed by atoms with Crippen molar-refractivity contribution in [2.24, 2.45) is 0 Å². The summed E-state index contributed by atoms with van der Waals surface area (Å²) in [5.41, 5.74) is 3.66. The van der Waals surface area contributed by atoms with E-state index < -0.39 is 0 Å². The number of hydrogen-bond donors (Lipinski definition) is 0. The summed E-state index contributed by atoms with van der Waals surface area (Å²) < 4.78 is 17.9. The van der Waals surface area contributed by atoms with Gasteiger partial charge in [-0.25, -0.2) is 15.0 Å². The van der Waals surface area contributed by atoms with Crippen LogP contribution in [0.5, 0.6) is 0 Å². The van der Waals surface area contributed by atoms with Crippen LogP contribution in [0.3, 0.4) is 0 Å². The van der Waals surface area contributed by atoms with Crippen LogP contribution in [0.15, 0.2) is 117 Å². The molecule has 0 spiro atoms. The molecule has 0 N–H and O–H groups in total. The monoisotopic (exact) mass is 431 g/mol. The first-order chi connectivity index (χ1) is 16.3. The van der Waals surface area contributed by atoms with Gasteiger partial charge >= 0.3 is 0 Å². The minimum absolute atomic E-state index is 0.328. The highest BCUT2D eigenvalue weighted by molar-refractivity contribution is 5.75. The van der Waals surface area contributed by atoms with Crippen molar-refractivity contribution in [3.63, 3.8) is 0 Å². The van der Waals surface area contributed by atoms with Gasteiger partial charge in [0.05, 0.1) is 6.20 Å². The van der Waals surface area contributed by atoms with Gasteiger partial charge in [0.25, 0.3) is 0 Å². The summed E-state index contributed by atoms with van der Waals surface area (Å²) in [6, 6.07) is 29.2. The zero-order valence-corrected chi connectivity index (χ0v) is 17.4. The third-order valence-electron chi connectivity index (χ3n) is 5.17. The first-order valence-corrected chi connectivity index (χ1v) is 10.4. The summed E-state index contributed by atoms with van der Waals surface area (Å²) in [6.07, 6.45) is 3.23. The number of benzene rings is 3. The van der Waals surface area contributed by atoms with E-state index >= 15 is 0 Å². The first kappa shape index (κ1) is 19.0. The summed E-state index contributed by atoms with van der Waals surface area (Å²) in [6.45, 7) is 0. The molecule has 158 valence electrons. The number of rotatable bonds is 5. The number of nitrogens with zero attached hydrogens (tertiary/aromatic N) is 3. The Kier molecular flexibility index (Phi) is 4.66. The lowest BCUT2D eigenvalue weighted by Gasteiger charge is -1.98. The largest absolute Gasteiger partial charge is 0.444 e. The molecular formula is C27H17N3O3. The van der Waals surface area contributed by atoms with E-state index in [9.17, 15) is 0 Å². The summed E-state index contributed by atoms with van der Waals surface area (Å²) in [5, 5.41) is 0. The Morgan fingerprint density at radius 2 is 1.18 bits per heavy atom. The van der Waals surface area contributed by atoms with E-state index in [0.717, 1.165) is 16.7 Å². The SMILES string of the molecule is c1ccc(-c2cnc(-c3nc(-c4coc(-c5ccccc5)n4)oc3-c3ccccc3)o2)cc1. The molecule has 3 aromatic carbocycles. The molecule has 0 unspecified atom stereocenters. The van der Waals surface area contributed by atoms with Crippen molar-refractivity contribution in [1.29, 1.82) is 0 Å². The highest BCUT2D eigenvalue weighted by Crippen LogP contribution is 2.37. The van der Waals surface area contributed by atoms with E-state index in [0.29, 0.717) is 40.6 Å². The topological polar surface area (TPSA) is 78.1 Å². The molecule has 3 heterocycles. The summed E-state index contributed by atoms with van der Waals surface area (Å²) in [7, 11) is 0. The zero-order valence-electron chi connectivity index (χ0n) is 17.4. The molecule has 0 aliphatic heterocycles. The van der Waals surface area contributed by atoms with Crippen molar-refractivity contribution >= 4 is 0 Å². The molecule has 0 amide bonds. The molecule has 0 saturated carbocycles. The van der Waals surface area contributed by atoms with Crippen LogP contribution in [-0.2, 0) is 0 Å². The van der Waals surface area contributed by atoms with E-state index in [1.165, 1.54) is 6.26 Å². The quantitative estimate of drug-likeness (QED) is 0.293. The second-order valence-corrected chi connectivity index (χ2v) is 7.36. The minimum atomic E-state index is 0.328. The molecular weight excluding hydrogens is 414 g/mol. The van der Waals surface area contributed by atoms with Crippen molar-refractivity contribution in [1.82, 2.24) is 15.0 Å². The summed E-state index contributed by atoms with van der Waals surface area (Å²) >= 11 is 0. The van der Waals surface area contributed by atoms with Crippen LogP contribution in [0.25, 0.3) is 57.3 Å². The van der Waals surface area contributed by atoms with Crippen LogP contribution in [0, 0.1) is 0 Å². The molecule has 0 radical (unpaired) electrons. The second kappa shape index (κ2) is 8.09. The lowest BCUT2D eigenvalue weighted by atomic mass is 10.1. The van der Waals surface area contributed by atoms with Crippen molar-refractivity contribution in [2.75, 3.05) is 0 Å². The predicted octanol–water partition coefficient (Wildman–Crippen LogP) is 6.99. The molecule has 0 aliphatic carbocycles. The Bertz CT molecular complexity index is 1500. The minimum Gasteiger partial charge on any atom is -0.444 e. The fourth-order valence-corrected chi connectivity index (χ4v) is 3.56. The van der Waals surface area contributed by atoms with Gasteiger partial charge < -0.3 is 13.3 Å². The first-order valence-electron chi connectivity index (χ1n) is 10.4. The van der Waals surface area contributed by atoms with Gasteiger partial charge in [-0.2, -0.15) is 0 Å². The highest BCUT2D eigenvalue weighted by Gasteiger charge is 2.24. The molecule has 0 saturated heterocycles. The maximum absolute atomic E-state index is 6.17. The Morgan fingerprint density at radius 3 is 1.88 bits per heavy atom. The Balaban J connectivity index is 1.44. The molecule has 33 heavy (non-hydrogen) atoms. The highest BCUT2D eigenvalue weighted by atomic mass is 16.4. The van der Waals surface area contributed by atoms with Crippen molar-refractivity contribution in [2.45, 2.75) is 0 Å². The molecule has 6 aromatic rings. The average Bonchev–Trinajstić information content (AvgIpc) is 3.65. The van der Waals surface area contributed by atoms with Gasteiger partial charge in [-0.1, -0.05) is 78.9 Å². The van der Waals surface area contributed by atoms with Gasteiger partial charge in [-0.3, -0.25) is 0 Å². The Labute approximate surface area is 189 Å². The van der Waals surface area contributed by atoms with Gasteiger partial charge in [0.1, 0.15) is 6.26 Å². The van der Waals surface area contributed by atoms with Crippen LogP contribution in [-0.4, -0.2) is 15.0 Å². The third-order valence-corrected chi connectivity index (χ3v) is 5.17. The number of hydrogen-bond acceptors (Lipinski definition) is 6. The molecule has 0 bridgehead atoms. The van der Waals surface area contributed by atoms with Crippen LogP contribution >= 0.6 is 0 Å². The fourth-order valence-electron chi connectivity index (χ4n) is 3.56. The standard InChI is InChI=1S/C27H17N3O3/c1-4-10-18(11-5-1)22-16-28-27(32-22)23-24(19-12-6-2-7-13-19)33-26(30-23)21-17-31-25(29-21)20-14-8-3-9-15-20/h1-17H. The fraction of sp³-hybridized carbons (Fsp3) is 0. The van der Waals surface area contributed by atoms with Gasteiger partial charge in [0.15, 0.2) is 22.9 Å². The van der Waals surface area contributed by atoms with E-state index in [-0.39, 0.29) is 0 Å². The van der Waals surface area contributed by atoms with Gasteiger partial charge in [0.2, 0.25) is 17.7 Å². The smallest absolute Gasteiger partial charge is 0.249 e. The molecule has 6 rings (SSSR count). The van der Waals surface area contributed by atoms with Gasteiger partial charge in [0, 0.05) is 16.7 Å². The summed E-state index contributed by atoms with van der Waals surface area (Å²) in [5.74, 6) is 2.40. The molecule has 6 heteroatoms. The molecule has 6 nitrogen and oxygen atoms in total. The van der Waals surface area contributed by atoms with Gasteiger partial charge in [-0.15, -0.1) is 0 Å². The van der Waals surface area contributed by atoms with E-state index in [1.54, 1.807) is 6.20 Å². The Morgan fingerprint density at radius 1 is 0.545 bits per heavy atom.